The largest absolute Gasteiger partial charge is 0.373 e. The summed E-state index contributed by atoms with van der Waals surface area (Å²) in [4.78, 5) is 27.4. The first-order chi connectivity index (χ1) is 15.8. The number of aryl methyl sites for hydroxylation is 1. The highest BCUT2D eigenvalue weighted by atomic mass is 16.5. The van der Waals surface area contributed by atoms with Crippen LogP contribution in [0.5, 0.6) is 0 Å². The van der Waals surface area contributed by atoms with Crippen molar-refractivity contribution in [2.24, 2.45) is 7.05 Å². The number of anilines is 2. The van der Waals surface area contributed by atoms with Gasteiger partial charge in [0.15, 0.2) is 11.6 Å². The van der Waals surface area contributed by atoms with Gasteiger partial charge in [-0.25, -0.2) is 15.0 Å². The van der Waals surface area contributed by atoms with Crippen LogP contribution in [0.2, 0.25) is 0 Å². The molecule has 33 heavy (non-hydrogen) atoms. The highest BCUT2D eigenvalue weighted by molar-refractivity contribution is 5.88. The molecule has 1 saturated heterocycles. The molecule has 1 fully saturated rings. The lowest BCUT2D eigenvalue weighted by Gasteiger charge is -2.16. The van der Waals surface area contributed by atoms with Gasteiger partial charge in [0.2, 0.25) is 11.5 Å². The van der Waals surface area contributed by atoms with E-state index in [0.29, 0.717) is 34.5 Å². The SMILES string of the molecule is C[C@@H]1C[C@@](O)(c2cc(-c3cccc(-c4ccnc(Nc5ccn(C)n5)n4)n3)no2)C(=O)N1C. The van der Waals surface area contributed by atoms with E-state index in [2.05, 4.69) is 30.5 Å². The molecule has 5 rings (SSSR count). The molecule has 1 aliphatic rings. The molecule has 0 aromatic carbocycles. The number of carbonyl (C=O) groups is 1. The maximum Gasteiger partial charge on any atom is 0.262 e. The van der Waals surface area contributed by atoms with Gasteiger partial charge in [0.05, 0.1) is 17.1 Å². The van der Waals surface area contributed by atoms with Crippen molar-refractivity contribution in [3.63, 3.8) is 0 Å². The highest BCUT2D eigenvalue weighted by Crippen LogP contribution is 2.37. The van der Waals surface area contributed by atoms with Crippen molar-refractivity contribution < 1.29 is 14.4 Å². The Balaban J connectivity index is 1.42. The van der Waals surface area contributed by atoms with Crippen molar-refractivity contribution in [3.05, 3.63) is 54.6 Å². The Morgan fingerprint density at radius 3 is 2.58 bits per heavy atom. The number of rotatable bonds is 5. The summed E-state index contributed by atoms with van der Waals surface area (Å²) >= 11 is 0. The summed E-state index contributed by atoms with van der Waals surface area (Å²) in [5.74, 6) is 0.719. The lowest BCUT2D eigenvalue weighted by molar-refractivity contribution is -0.145. The predicted octanol–water partition coefficient (Wildman–Crippen LogP) is 2.11. The van der Waals surface area contributed by atoms with Gasteiger partial charge in [-0.2, -0.15) is 5.10 Å². The van der Waals surface area contributed by atoms with Crippen LogP contribution in [0.3, 0.4) is 0 Å². The quantitative estimate of drug-likeness (QED) is 0.472. The van der Waals surface area contributed by atoms with Crippen molar-refractivity contribution in [1.29, 1.82) is 0 Å². The van der Waals surface area contributed by atoms with Crippen molar-refractivity contribution in [1.82, 2.24) is 34.8 Å². The first-order valence-corrected chi connectivity index (χ1v) is 10.4. The molecule has 2 N–H and O–H groups in total. The average molecular weight is 446 g/mol. The first kappa shape index (κ1) is 20.8. The van der Waals surface area contributed by atoms with E-state index in [4.69, 9.17) is 4.52 Å². The van der Waals surface area contributed by atoms with Gasteiger partial charge < -0.3 is 19.8 Å². The summed E-state index contributed by atoms with van der Waals surface area (Å²) in [5, 5.41) is 22.3. The summed E-state index contributed by atoms with van der Waals surface area (Å²) in [6, 6.07) is 10.4. The number of likely N-dealkylation sites (tertiary alicyclic amines) is 1. The van der Waals surface area contributed by atoms with Crippen molar-refractivity contribution in [2.45, 2.75) is 25.0 Å². The van der Waals surface area contributed by atoms with E-state index in [0.717, 1.165) is 0 Å². The minimum atomic E-state index is -1.73. The van der Waals surface area contributed by atoms with E-state index >= 15 is 0 Å². The Labute approximate surface area is 189 Å². The number of likely N-dealkylation sites (N-methyl/N-ethyl adjacent to an activating group) is 1. The number of aliphatic hydroxyl groups is 1. The molecule has 4 aromatic rings. The fraction of sp³-hybridized carbons (Fsp3) is 0.273. The van der Waals surface area contributed by atoms with Gasteiger partial charge in [-0.05, 0) is 25.1 Å². The molecule has 1 aliphatic heterocycles. The van der Waals surface area contributed by atoms with Gasteiger partial charge in [0, 0.05) is 51.1 Å². The van der Waals surface area contributed by atoms with Crippen molar-refractivity contribution in [3.8, 4) is 22.8 Å². The van der Waals surface area contributed by atoms with Crippen LogP contribution in [-0.2, 0) is 17.4 Å². The number of hydrogen-bond donors (Lipinski definition) is 2. The third-order valence-corrected chi connectivity index (χ3v) is 5.73. The van der Waals surface area contributed by atoms with E-state index in [1.165, 1.54) is 4.90 Å². The second kappa shape index (κ2) is 7.78. The van der Waals surface area contributed by atoms with Crippen LogP contribution in [-0.4, -0.2) is 58.9 Å². The van der Waals surface area contributed by atoms with Crippen molar-refractivity contribution >= 4 is 17.7 Å². The summed E-state index contributed by atoms with van der Waals surface area (Å²) in [6.45, 7) is 1.87. The summed E-state index contributed by atoms with van der Waals surface area (Å²) < 4.78 is 7.05. The molecule has 0 radical (unpaired) electrons. The fourth-order valence-corrected chi connectivity index (χ4v) is 3.82. The molecule has 11 heteroatoms. The Morgan fingerprint density at radius 1 is 1.12 bits per heavy atom. The van der Waals surface area contributed by atoms with Crippen LogP contribution in [0.25, 0.3) is 22.8 Å². The molecule has 11 nitrogen and oxygen atoms in total. The van der Waals surface area contributed by atoms with Gasteiger partial charge >= 0.3 is 0 Å². The maximum absolute atomic E-state index is 12.5. The molecule has 0 aliphatic carbocycles. The molecule has 5 heterocycles. The summed E-state index contributed by atoms with van der Waals surface area (Å²) in [5.41, 5.74) is 0.420. The van der Waals surface area contributed by atoms with Gasteiger partial charge in [-0.3, -0.25) is 9.48 Å². The predicted molar refractivity (Wildman–Crippen MR) is 118 cm³/mol. The van der Waals surface area contributed by atoms with Gasteiger partial charge in [0.25, 0.3) is 5.91 Å². The molecule has 2 atom stereocenters. The minimum absolute atomic E-state index is 0.106. The summed E-state index contributed by atoms with van der Waals surface area (Å²) in [6.07, 6.45) is 3.68. The first-order valence-electron chi connectivity index (χ1n) is 10.4. The molecule has 168 valence electrons. The smallest absolute Gasteiger partial charge is 0.262 e. The summed E-state index contributed by atoms with van der Waals surface area (Å²) in [7, 11) is 3.49. The Hall–Kier alpha value is -4.12. The van der Waals surface area contributed by atoms with E-state index in [9.17, 15) is 9.90 Å². The molecule has 0 saturated carbocycles. The monoisotopic (exact) mass is 446 g/mol. The van der Waals surface area contributed by atoms with Crippen LogP contribution in [0.4, 0.5) is 11.8 Å². The van der Waals surface area contributed by atoms with Crippen LogP contribution >= 0.6 is 0 Å². The zero-order valence-electron chi connectivity index (χ0n) is 18.3. The third-order valence-electron chi connectivity index (χ3n) is 5.73. The minimum Gasteiger partial charge on any atom is -0.373 e. The van der Waals surface area contributed by atoms with Crippen LogP contribution in [0, 0.1) is 0 Å². The van der Waals surface area contributed by atoms with E-state index < -0.39 is 11.5 Å². The molecular formula is C22H22N8O3. The number of carbonyl (C=O) groups excluding carboxylic acids is 1. The molecule has 1 amide bonds. The van der Waals surface area contributed by atoms with E-state index in [1.54, 1.807) is 36.1 Å². The number of hydrogen-bond acceptors (Lipinski definition) is 9. The number of aromatic nitrogens is 6. The topological polar surface area (TPSA) is 135 Å². The van der Waals surface area contributed by atoms with Crippen LogP contribution in [0.15, 0.2) is 53.3 Å². The Morgan fingerprint density at radius 2 is 1.88 bits per heavy atom. The average Bonchev–Trinajstić information content (AvgIpc) is 3.52. The Kier molecular flexibility index (Phi) is 4.90. The zero-order chi connectivity index (χ0) is 23.2. The standard InChI is InChI=1S/C22H22N8O3/c1-13-12-22(32,20(31)30(13)3)18-11-17(28-33-18)15-6-4-5-14(24-15)16-7-9-23-21(25-16)26-19-8-10-29(2)27-19/h4-11,13,32H,12H2,1-3H3,(H,23,25,26,27)/t13-,22-/m1/s1. The molecule has 0 bridgehead atoms. The van der Waals surface area contributed by atoms with Gasteiger partial charge in [-0.15, -0.1) is 0 Å². The molecule has 0 unspecified atom stereocenters. The highest BCUT2D eigenvalue weighted by Gasteiger charge is 2.51. The van der Waals surface area contributed by atoms with Gasteiger partial charge in [0.1, 0.15) is 5.69 Å². The number of nitrogens with one attached hydrogen (secondary N) is 1. The third kappa shape index (κ3) is 3.72. The van der Waals surface area contributed by atoms with Crippen molar-refractivity contribution in [2.75, 3.05) is 12.4 Å². The second-order valence-electron chi connectivity index (χ2n) is 8.08. The molecule has 4 aromatic heterocycles. The van der Waals surface area contributed by atoms with E-state index in [1.807, 2.05) is 38.4 Å². The lowest BCUT2D eigenvalue weighted by atomic mass is 9.96. The van der Waals surface area contributed by atoms with Gasteiger partial charge in [-0.1, -0.05) is 11.2 Å². The van der Waals surface area contributed by atoms with Crippen LogP contribution < -0.4 is 5.32 Å². The Bertz CT molecular complexity index is 1330. The normalized spacial score (nSPS) is 20.4. The lowest BCUT2D eigenvalue weighted by Crippen LogP contribution is -2.36. The number of pyridine rings is 1. The molecule has 0 spiro atoms. The maximum atomic E-state index is 12.5. The zero-order valence-corrected chi connectivity index (χ0v) is 18.3. The fourth-order valence-electron chi connectivity index (χ4n) is 3.82. The second-order valence-corrected chi connectivity index (χ2v) is 8.08. The number of nitrogens with zero attached hydrogens (tertiary/aromatic N) is 7. The molecular weight excluding hydrogens is 424 g/mol. The van der Waals surface area contributed by atoms with Crippen LogP contribution in [0.1, 0.15) is 19.1 Å². The number of amides is 1. The van der Waals surface area contributed by atoms with E-state index in [-0.39, 0.29) is 18.2 Å².